The molecule has 2 aromatic carbocycles. The van der Waals surface area contributed by atoms with E-state index in [2.05, 4.69) is 35.5 Å². The van der Waals surface area contributed by atoms with Crippen LogP contribution in [-0.2, 0) is 20.2 Å². The Morgan fingerprint density at radius 2 is 1.74 bits per heavy atom. The van der Waals surface area contributed by atoms with Crippen molar-refractivity contribution in [3.8, 4) is 23.1 Å². The van der Waals surface area contributed by atoms with E-state index in [1.807, 2.05) is 0 Å². The van der Waals surface area contributed by atoms with Gasteiger partial charge in [0.1, 0.15) is 24.1 Å². The number of nitrogens with zero attached hydrogens (tertiary/aromatic N) is 2. The molecule has 3 rings (SSSR count). The van der Waals surface area contributed by atoms with Crippen LogP contribution in [0.5, 0.6) is 23.1 Å². The second-order valence-electron chi connectivity index (χ2n) is 8.67. The third kappa shape index (κ3) is 6.92. The maximum atomic E-state index is 13.2. The quantitative estimate of drug-likeness (QED) is 0.297. The van der Waals surface area contributed by atoms with Crippen LogP contribution in [0.2, 0.25) is 0 Å². The van der Waals surface area contributed by atoms with Crippen LogP contribution in [0.1, 0.15) is 39.2 Å². The van der Waals surface area contributed by atoms with Crippen molar-refractivity contribution in [3.05, 3.63) is 60.4 Å². The Bertz CT molecular complexity index is 1250. The van der Waals surface area contributed by atoms with Crippen molar-refractivity contribution < 1.29 is 27.4 Å². The SMILES string of the molecule is COc1cccc(Oc2c(NS(=O)(=O)c3ccc(C(C)(C)C)cc3)ncnc2OCCCC=O)c1. The van der Waals surface area contributed by atoms with Gasteiger partial charge in [-0.05, 0) is 41.7 Å². The maximum Gasteiger partial charge on any atom is 0.263 e. The molecule has 0 spiro atoms. The third-order valence-electron chi connectivity index (χ3n) is 5.00. The van der Waals surface area contributed by atoms with Gasteiger partial charge in [-0.2, -0.15) is 4.98 Å². The topological polar surface area (TPSA) is 117 Å². The molecule has 0 aliphatic rings. The lowest BCUT2D eigenvalue weighted by molar-refractivity contribution is -0.108. The van der Waals surface area contributed by atoms with Crippen molar-refractivity contribution >= 4 is 22.1 Å². The van der Waals surface area contributed by atoms with Crippen LogP contribution >= 0.6 is 0 Å². The lowest BCUT2D eigenvalue weighted by Crippen LogP contribution is -2.16. The lowest BCUT2D eigenvalue weighted by atomic mass is 9.87. The minimum Gasteiger partial charge on any atom is -0.497 e. The van der Waals surface area contributed by atoms with Crippen LogP contribution in [0, 0.1) is 0 Å². The van der Waals surface area contributed by atoms with E-state index in [4.69, 9.17) is 14.2 Å². The fourth-order valence-corrected chi connectivity index (χ4v) is 4.08. The Balaban J connectivity index is 1.95. The first-order chi connectivity index (χ1) is 16.6. The minimum atomic E-state index is -4.00. The molecule has 0 amide bonds. The average Bonchev–Trinajstić information content (AvgIpc) is 2.83. The number of methoxy groups -OCH3 is 1. The van der Waals surface area contributed by atoms with Gasteiger partial charge in [0.2, 0.25) is 5.75 Å². The van der Waals surface area contributed by atoms with E-state index in [0.717, 1.165) is 11.8 Å². The number of aldehydes is 1. The number of unbranched alkanes of at least 4 members (excludes halogenated alkanes) is 1. The molecule has 0 saturated heterocycles. The van der Waals surface area contributed by atoms with Crippen molar-refractivity contribution in [2.45, 2.75) is 43.9 Å². The van der Waals surface area contributed by atoms with Gasteiger partial charge in [0.15, 0.2) is 5.82 Å². The van der Waals surface area contributed by atoms with E-state index in [0.29, 0.717) is 24.3 Å². The van der Waals surface area contributed by atoms with Gasteiger partial charge in [0, 0.05) is 12.5 Å². The van der Waals surface area contributed by atoms with Gasteiger partial charge in [-0.3, -0.25) is 4.72 Å². The fourth-order valence-electron chi connectivity index (χ4n) is 3.06. The highest BCUT2D eigenvalue weighted by atomic mass is 32.2. The zero-order valence-corrected chi connectivity index (χ0v) is 21.0. The van der Waals surface area contributed by atoms with Crippen LogP contribution in [0.3, 0.4) is 0 Å². The summed E-state index contributed by atoms with van der Waals surface area (Å²) in [5, 5.41) is 0. The van der Waals surface area contributed by atoms with Crippen molar-refractivity contribution in [1.82, 2.24) is 9.97 Å². The first kappa shape index (κ1) is 26.0. The van der Waals surface area contributed by atoms with Crippen LogP contribution in [0.15, 0.2) is 59.8 Å². The van der Waals surface area contributed by atoms with Crippen LogP contribution in [0.4, 0.5) is 5.82 Å². The Morgan fingerprint density at radius 3 is 2.40 bits per heavy atom. The molecule has 1 N–H and O–H groups in total. The number of ether oxygens (including phenoxy) is 3. The summed E-state index contributed by atoms with van der Waals surface area (Å²) < 4.78 is 45.7. The molecule has 0 aliphatic carbocycles. The van der Waals surface area contributed by atoms with Gasteiger partial charge in [-0.25, -0.2) is 13.4 Å². The lowest BCUT2D eigenvalue weighted by Gasteiger charge is -2.19. The molecular weight excluding hydrogens is 470 g/mol. The summed E-state index contributed by atoms with van der Waals surface area (Å²) in [6.45, 7) is 6.34. The zero-order valence-electron chi connectivity index (χ0n) is 20.1. The Morgan fingerprint density at radius 1 is 1.03 bits per heavy atom. The highest BCUT2D eigenvalue weighted by molar-refractivity contribution is 7.92. The number of carbonyl (C=O) groups excluding carboxylic acids is 1. The summed E-state index contributed by atoms with van der Waals surface area (Å²) >= 11 is 0. The molecule has 0 radical (unpaired) electrons. The molecule has 186 valence electrons. The molecule has 0 saturated carbocycles. The van der Waals surface area contributed by atoms with Gasteiger partial charge in [0.25, 0.3) is 15.9 Å². The molecule has 0 aliphatic heterocycles. The van der Waals surface area contributed by atoms with Crippen LogP contribution < -0.4 is 18.9 Å². The Labute approximate surface area is 205 Å². The smallest absolute Gasteiger partial charge is 0.263 e. The van der Waals surface area contributed by atoms with Crippen molar-refractivity contribution in [2.24, 2.45) is 0 Å². The molecule has 0 atom stereocenters. The number of rotatable bonds is 11. The molecule has 0 fully saturated rings. The molecule has 1 aromatic heterocycles. The number of hydrogen-bond acceptors (Lipinski definition) is 8. The number of sulfonamides is 1. The van der Waals surface area contributed by atoms with Crippen LogP contribution in [-0.4, -0.2) is 38.4 Å². The largest absolute Gasteiger partial charge is 0.497 e. The summed E-state index contributed by atoms with van der Waals surface area (Å²) in [4.78, 5) is 18.9. The normalized spacial score (nSPS) is 11.5. The van der Waals surface area contributed by atoms with E-state index in [1.54, 1.807) is 48.5 Å². The van der Waals surface area contributed by atoms with Crippen molar-refractivity contribution in [3.63, 3.8) is 0 Å². The molecule has 3 aromatic rings. The summed E-state index contributed by atoms with van der Waals surface area (Å²) in [6, 6.07) is 13.4. The predicted molar refractivity (Wildman–Crippen MR) is 132 cm³/mol. The molecular formula is C25H29N3O6S. The van der Waals surface area contributed by atoms with Gasteiger partial charge >= 0.3 is 0 Å². The Hall–Kier alpha value is -3.66. The van der Waals surface area contributed by atoms with Crippen LogP contribution in [0.25, 0.3) is 0 Å². The summed E-state index contributed by atoms with van der Waals surface area (Å²) in [6.07, 6.45) is 2.75. The highest BCUT2D eigenvalue weighted by Gasteiger charge is 2.23. The number of benzene rings is 2. The third-order valence-corrected chi connectivity index (χ3v) is 6.35. The molecule has 0 unspecified atom stereocenters. The van der Waals surface area contributed by atoms with Crippen molar-refractivity contribution in [2.75, 3.05) is 18.4 Å². The molecule has 1 heterocycles. The zero-order chi connectivity index (χ0) is 25.5. The highest BCUT2D eigenvalue weighted by Crippen LogP contribution is 2.37. The fraction of sp³-hybridized carbons (Fsp3) is 0.320. The minimum absolute atomic E-state index is 0.0123. The van der Waals surface area contributed by atoms with Crippen molar-refractivity contribution in [1.29, 1.82) is 0 Å². The monoisotopic (exact) mass is 499 g/mol. The summed E-state index contributed by atoms with van der Waals surface area (Å²) in [5.74, 6) is 0.852. The van der Waals surface area contributed by atoms with Gasteiger partial charge in [-0.15, -0.1) is 0 Å². The molecule has 9 nitrogen and oxygen atoms in total. The summed E-state index contributed by atoms with van der Waals surface area (Å²) in [5.41, 5.74) is 0.891. The number of carbonyl (C=O) groups is 1. The second kappa shape index (κ2) is 11.2. The predicted octanol–water partition coefficient (Wildman–Crippen LogP) is 4.73. The number of aromatic nitrogens is 2. The number of nitrogens with one attached hydrogen (secondary N) is 1. The number of anilines is 1. The first-order valence-electron chi connectivity index (χ1n) is 11.0. The molecule has 35 heavy (non-hydrogen) atoms. The molecule has 0 bridgehead atoms. The average molecular weight is 500 g/mol. The second-order valence-corrected chi connectivity index (χ2v) is 10.4. The maximum absolute atomic E-state index is 13.2. The van der Waals surface area contributed by atoms with Gasteiger partial charge in [0.05, 0.1) is 18.6 Å². The number of hydrogen-bond donors (Lipinski definition) is 1. The molecule has 10 heteroatoms. The van der Waals surface area contributed by atoms with Gasteiger partial charge < -0.3 is 19.0 Å². The summed E-state index contributed by atoms with van der Waals surface area (Å²) in [7, 11) is -2.47. The standard InChI is InChI=1S/C25H29N3O6S/c1-25(2,3)18-10-12-21(13-11-18)35(30,31)28-23-22(34-20-9-7-8-19(16-20)32-4)24(27-17-26-23)33-15-6-5-14-29/h7-14,16-17H,5-6,15H2,1-4H3,(H,26,27,28). The van der Waals surface area contributed by atoms with E-state index in [9.17, 15) is 13.2 Å². The van der Waals surface area contributed by atoms with E-state index >= 15 is 0 Å². The van der Waals surface area contributed by atoms with E-state index < -0.39 is 10.0 Å². The van der Waals surface area contributed by atoms with E-state index in [1.165, 1.54) is 13.4 Å². The first-order valence-corrected chi connectivity index (χ1v) is 12.5. The Kier molecular flexibility index (Phi) is 8.29. The van der Waals surface area contributed by atoms with E-state index in [-0.39, 0.29) is 34.4 Å². The van der Waals surface area contributed by atoms with Gasteiger partial charge in [-0.1, -0.05) is 39.0 Å².